The van der Waals surface area contributed by atoms with Crippen molar-refractivity contribution in [2.24, 2.45) is 0 Å². The second kappa shape index (κ2) is 13.8. The van der Waals surface area contributed by atoms with Crippen LogP contribution in [0.2, 0.25) is 0 Å². The number of carbonyl (C=O) groups excluding carboxylic acids is 2. The predicted octanol–water partition coefficient (Wildman–Crippen LogP) is 4.25. The number of nitrogens with zero attached hydrogens (tertiary/aromatic N) is 1. The Labute approximate surface area is 232 Å². The van der Waals surface area contributed by atoms with Gasteiger partial charge in [-0.15, -0.1) is 0 Å². The Morgan fingerprint density at radius 2 is 1.78 bits per heavy atom. The summed E-state index contributed by atoms with van der Waals surface area (Å²) in [5.74, 6) is -2.11. The van der Waals surface area contributed by atoms with Gasteiger partial charge >= 0.3 is 11.9 Å². The summed E-state index contributed by atoms with van der Waals surface area (Å²) < 4.78 is 5.84. The quantitative estimate of drug-likeness (QED) is 0.239. The summed E-state index contributed by atoms with van der Waals surface area (Å²) in [6.45, 7) is 9.00. The van der Waals surface area contributed by atoms with E-state index in [1.54, 1.807) is 19.9 Å². The highest BCUT2D eigenvalue weighted by Gasteiger charge is 2.29. The summed E-state index contributed by atoms with van der Waals surface area (Å²) in [5.41, 5.74) is 2.27. The van der Waals surface area contributed by atoms with Gasteiger partial charge in [0, 0.05) is 5.56 Å². The largest absolute Gasteiger partial charge is 0.506 e. The molecule has 0 aliphatic heterocycles. The monoisotopic (exact) mass is 624 g/mol. The molecule has 0 aliphatic rings. The van der Waals surface area contributed by atoms with Gasteiger partial charge < -0.3 is 19.8 Å². The normalized spacial score (nSPS) is 13.0. The first-order valence-electron chi connectivity index (χ1n) is 12.3. The maximum atomic E-state index is 13.4. The minimum absolute atomic E-state index is 0.0182. The number of rotatable bonds is 12. The molecule has 0 aliphatic carbocycles. The van der Waals surface area contributed by atoms with E-state index < -0.39 is 36.5 Å². The van der Waals surface area contributed by atoms with Crippen LogP contribution in [0.25, 0.3) is 0 Å². The van der Waals surface area contributed by atoms with Crippen LogP contribution < -0.4 is 5.32 Å². The van der Waals surface area contributed by atoms with Crippen LogP contribution in [0.15, 0.2) is 42.5 Å². The third-order valence-electron chi connectivity index (χ3n) is 5.96. The van der Waals surface area contributed by atoms with Gasteiger partial charge in [0.1, 0.15) is 18.3 Å². The SMILES string of the molecule is CCOC(=O)[C@H](CCc1ccccc1)N[C@@H](C)C(=O)N(CC(=O)O)Cc1cc(C(C)(C)C)cc(I)c1O. The average Bonchev–Trinajstić information content (AvgIpc) is 2.83. The van der Waals surface area contributed by atoms with Crippen molar-refractivity contribution in [3.8, 4) is 5.75 Å². The van der Waals surface area contributed by atoms with Crippen LogP contribution in [0.5, 0.6) is 5.75 Å². The zero-order chi connectivity index (χ0) is 27.8. The van der Waals surface area contributed by atoms with Gasteiger partial charge in [0.15, 0.2) is 0 Å². The van der Waals surface area contributed by atoms with Crippen molar-refractivity contribution in [3.63, 3.8) is 0 Å². The van der Waals surface area contributed by atoms with Gasteiger partial charge in [-0.2, -0.15) is 0 Å². The van der Waals surface area contributed by atoms with E-state index in [1.807, 2.05) is 79.8 Å². The van der Waals surface area contributed by atoms with Crippen LogP contribution in [0, 0.1) is 3.57 Å². The standard InChI is InChI=1S/C28H37IN2O6/c1-6-37-27(36)23(13-12-19-10-8-7-9-11-19)30-18(2)26(35)31(17-24(32)33)16-20-14-21(28(3,4)5)15-22(29)25(20)34/h7-11,14-15,18,23,30,34H,6,12-13,16-17H2,1-5H3,(H,32,33)/t18-,23-/m0/s1. The molecule has 0 fully saturated rings. The molecule has 37 heavy (non-hydrogen) atoms. The average molecular weight is 625 g/mol. The molecule has 2 aromatic carbocycles. The lowest BCUT2D eigenvalue weighted by Crippen LogP contribution is -2.52. The van der Waals surface area contributed by atoms with Crippen LogP contribution >= 0.6 is 22.6 Å². The number of carbonyl (C=O) groups is 3. The highest BCUT2D eigenvalue weighted by atomic mass is 127. The molecular weight excluding hydrogens is 587 g/mol. The molecule has 0 bridgehead atoms. The fraction of sp³-hybridized carbons (Fsp3) is 0.464. The molecule has 2 atom stereocenters. The molecule has 202 valence electrons. The van der Waals surface area contributed by atoms with Gasteiger partial charge in [0.25, 0.3) is 0 Å². The summed E-state index contributed by atoms with van der Waals surface area (Å²) >= 11 is 2.03. The van der Waals surface area contributed by atoms with Crippen molar-refractivity contribution >= 4 is 40.4 Å². The molecule has 3 N–H and O–H groups in total. The Kier molecular flexibility index (Phi) is 11.4. The molecule has 1 amide bonds. The van der Waals surface area contributed by atoms with Gasteiger partial charge in [-0.05, 0) is 78.0 Å². The molecule has 9 heteroatoms. The van der Waals surface area contributed by atoms with Crippen molar-refractivity contribution in [3.05, 3.63) is 62.7 Å². The predicted molar refractivity (Wildman–Crippen MR) is 150 cm³/mol. The number of halogens is 1. The highest BCUT2D eigenvalue weighted by molar-refractivity contribution is 14.1. The van der Waals surface area contributed by atoms with Crippen molar-refractivity contribution < 1.29 is 29.3 Å². The van der Waals surface area contributed by atoms with Gasteiger partial charge in [-0.3, -0.25) is 19.7 Å². The maximum Gasteiger partial charge on any atom is 0.323 e. The summed E-state index contributed by atoms with van der Waals surface area (Å²) in [4.78, 5) is 38.9. The summed E-state index contributed by atoms with van der Waals surface area (Å²) in [6.07, 6.45) is 1.01. The fourth-order valence-corrected chi connectivity index (χ4v) is 4.59. The number of phenolic OH excluding ortho intramolecular Hbond substituents is 1. The van der Waals surface area contributed by atoms with Crippen LogP contribution in [0.4, 0.5) is 0 Å². The zero-order valence-corrected chi connectivity index (χ0v) is 24.2. The number of hydrogen-bond donors (Lipinski definition) is 3. The Hall–Kier alpha value is -2.66. The number of esters is 1. The van der Waals surface area contributed by atoms with E-state index in [2.05, 4.69) is 5.32 Å². The minimum Gasteiger partial charge on any atom is -0.506 e. The third kappa shape index (κ3) is 9.30. The van der Waals surface area contributed by atoms with Gasteiger partial charge in [0.2, 0.25) is 5.91 Å². The van der Waals surface area contributed by atoms with E-state index in [0.29, 0.717) is 22.0 Å². The van der Waals surface area contributed by atoms with E-state index >= 15 is 0 Å². The molecule has 0 saturated heterocycles. The lowest BCUT2D eigenvalue weighted by atomic mass is 9.86. The van der Waals surface area contributed by atoms with Crippen LogP contribution in [-0.2, 0) is 37.5 Å². The molecule has 0 unspecified atom stereocenters. The van der Waals surface area contributed by atoms with E-state index in [9.17, 15) is 24.6 Å². The molecule has 2 aromatic rings. The van der Waals surface area contributed by atoms with Crippen molar-refractivity contribution in [2.75, 3.05) is 13.2 Å². The molecule has 0 spiro atoms. The molecule has 8 nitrogen and oxygen atoms in total. The summed E-state index contributed by atoms with van der Waals surface area (Å²) in [5, 5.41) is 23.2. The van der Waals surface area contributed by atoms with E-state index in [0.717, 1.165) is 11.1 Å². The number of aromatic hydroxyl groups is 1. The number of amides is 1. The lowest BCUT2D eigenvalue weighted by Gasteiger charge is -2.28. The first kappa shape index (κ1) is 30.6. The third-order valence-corrected chi connectivity index (χ3v) is 6.79. The zero-order valence-electron chi connectivity index (χ0n) is 22.1. The van der Waals surface area contributed by atoms with E-state index in [4.69, 9.17) is 4.74 Å². The van der Waals surface area contributed by atoms with Gasteiger partial charge in [0.05, 0.1) is 22.8 Å². The van der Waals surface area contributed by atoms with Crippen molar-refractivity contribution in [1.82, 2.24) is 10.2 Å². The fourth-order valence-electron chi connectivity index (χ4n) is 3.90. The number of hydrogen-bond acceptors (Lipinski definition) is 6. The van der Waals surface area contributed by atoms with Gasteiger partial charge in [-0.1, -0.05) is 51.1 Å². The van der Waals surface area contributed by atoms with Crippen LogP contribution in [0.3, 0.4) is 0 Å². The molecular formula is C28H37IN2O6. The second-order valence-corrected chi connectivity index (χ2v) is 11.2. The first-order valence-corrected chi connectivity index (χ1v) is 13.4. The number of aryl methyl sites for hydroxylation is 1. The summed E-state index contributed by atoms with van der Waals surface area (Å²) in [7, 11) is 0. The Balaban J connectivity index is 2.25. The number of phenols is 1. The number of carboxylic acids is 1. The summed E-state index contributed by atoms with van der Waals surface area (Å²) in [6, 6.07) is 11.8. The Morgan fingerprint density at radius 1 is 1.14 bits per heavy atom. The smallest absolute Gasteiger partial charge is 0.323 e. The number of ether oxygens (including phenoxy) is 1. The van der Waals surface area contributed by atoms with E-state index in [-0.39, 0.29) is 24.3 Å². The van der Waals surface area contributed by atoms with Crippen LogP contribution in [0.1, 0.15) is 57.7 Å². The Morgan fingerprint density at radius 3 is 2.35 bits per heavy atom. The highest BCUT2D eigenvalue weighted by Crippen LogP contribution is 2.32. The molecule has 0 saturated carbocycles. The van der Waals surface area contributed by atoms with Crippen molar-refractivity contribution in [2.45, 2.75) is 71.5 Å². The first-order chi connectivity index (χ1) is 17.3. The lowest BCUT2D eigenvalue weighted by molar-refractivity contribution is -0.148. The minimum atomic E-state index is -1.17. The Bertz CT molecular complexity index is 1080. The van der Waals surface area contributed by atoms with Gasteiger partial charge in [-0.25, -0.2) is 0 Å². The topological polar surface area (TPSA) is 116 Å². The van der Waals surface area contributed by atoms with Crippen molar-refractivity contribution in [1.29, 1.82) is 0 Å². The maximum absolute atomic E-state index is 13.4. The number of nitrogens with one attached hydrogen (secondary N) is 1. The van der Waals surface area contributed by atoms with Crippen LogP contribution in [-0.4, -0.2) is 58.2 Å². The molecule has 0 aromatic heterocycles. The number of aliphatic carboxylic acids is 1. The van der Waals surface area contributed by atoms with E-state index in [1.165, 1.54) is 4.90 Å². The number of benzene rings is 2. The molecule has 0 heterocycles. The number of carboxylic acid groups (broad SMARTS) is 1. The molecule has 0 radical (unpaired) electrons. The second-order valence-electron chi connectivity index (χ2n) is 10.0. The molecule has 2 rings (SSSR count).